The van der Waals surface area contributed by atoms with Gasteiger partial charge in [-0.05, 0) is 30.2 Å². The summed E-state index contributed by atoms with van der Waals surface area (Å²) in [7, 11) is 3.34. The summed E-state index contributed by atoms with van der Waals surface area (Å²) in [5, 5.41) is 8.55. The van der Waals surface area contributed by atoms with Gasteiger partial charge < -0.3 is 15.4 Å². The first-order valence-corrected chi connectivity index (χ1v) is 7.54. The zero-order valence-corrected chi connectivity index (χ0v) is 14.0. The molecule has 1 heterocycles. The lowest BCUT2D eigenvalue weighted by atomic mass is 10.1. The second kappa shape index (κ2) is 8.22. The fourth-order valence-electron chi connectivity index (χ4n) is 2.13. The molecule has 4 N–H and O–H groups in total. The molecular weight excluding hydrogens is 324 g/mol. The molecule has 2 amide bonds. The molecule has 8 heteroatoms. The molecule has 0 bridgehead atoms. The van der Waals surface area contributed by atoms with E-state index in [9.17, 15) is 9.59 Å². The standard InChI is InChI=1S/C17H20N4O4/c1-21(2)17(23)14(18)9-11-3-6-13(7-4-11)25-15-8-5-12(10-19-15)16(22)20-24/h3-8,10,14,24H,9,18H2,1-2H3,(H,20,22). The monoisotopic (exact) mass is 344 g/mol. The van der Waals surface area contributed by atoms with E-state index in [-0.39, 0.29) is 11.5 Å². The molecule has 2 aromatic rings. The molecular formula is C17H20N4O4. The molecule has 1 aromatic carbocycles. The van der Waals surface area contributed by atoms with E-state index in [2.05, 4.69) is 4.98 Å². The second-order valence-corrected chi connectivity index (χ2v) is 5.62. The van der Waals surface area contributed by atoms with Gasteiger partial charge in [-0.1, -0.05) is 12.1 Å². The number of hydrogen-bond acceptors (Lipinski definition) is 6. The Morgan fingerprint density at radius 2 is 1.92 bits per heavy atom. The predicted octanol–water partition coefficient (Wildman–Crippen LogP) is 0.951. The fourth-order valence-corrected chi connectivity index (χ4v) is 2.13. The predicted molar refractivity (Wildman–Crippen MR) is 90.4 cm³/mol. The number of hydroxylamine groups is 1. The quantitative estimate of drug-likeness (QED) is 0.530. The van der Waals surface area contributed by atoms with E-state index in [0.717, 1.165) is 5.56 Å². The first-order chi connectivity index (χ1) is 11.9. The van der Waals surface area contributed by atoms with Crippen molar-refractivity contribution >= 4 is 11.8 Å². The molecule has 25 heavy (non-hydrogen) atoms. The lowest BCUT2D eigenvalue weighted by molar-refractivity contribution is -0.130. The normalized spacial score (nSPS) is 11.5. The molecule has 132 valence electrons. The van der Waals surface area contributed by atoms with Crippen molar-refractivity contribution in [1.29, 1.82) is 0 Å². The third-order valence-electron chi connectivity index (χ3n) is 3.46. The third-order valence-corrected chi connectivity index (χ3v) is 3.46. The lowest BCUT2D eigenvalue weighted by Crippen LogP contribution is -2.41. The first kappa shape index (κ1) is 18.4. The van der Waals surface area contributed by atoms with E-state index in [1.807, 2.05) is 12.1 Å². The number of nitrogens with two attached hydrogens (primary N) is 1. The van der Waals surface area contributed by atoms with Gasteiger partial charge in [0.15, 0.2) is 0 Å². The van der Waals surface area contributed by atoms with Crippen molar-refractivity contribution in [2.75, 3.05) is 14.1 Å². The van der Waals surface area contributed by atoms with Crippen LogP contribution in [0.5, 0.6) is 11.6 Å². The van der Waals surface area contributed by atoms with Gasteiger partial charge in [-0.3, -0.25) is 14.8 Å². The van der Waals surface area contributed by atoms with E-state index >= 15 is 0 Å². The number of nitrogens with one attached hydrogen (secondary N) is 1. The third kappa shape index (κ3) is 5.00. The van der Waals surface area contributed by atoms with Crippen molar-refractivity contribution in [3.63, 3.8) is 0 Å². The van der Waals surface area contributed by atoms with Crippen LogP contribution in [0.2, 0.25) is 0 Å². The summed E-state index contributed by atoms with van der Waals surface area (Å²) in [6, 6.07) is 9.56. The molecule has 1 atom stereocenters. The van der Waals surface area contributed by atoms with Crippen LogP contribution in [-0.2, 0) is 11.2 Å². The average Bonchev–Trinajstić information content (AvgIpc) is 2.62. The average molecular weight is 344 g/mol. The smallest absolute Gasteiger partial charge is 0.276 e. The number of rotatable bonds is 6. The Kier molecular flexibility index (Phi) is 6.04. The number of aromatic nitrogens is 1. The summed E-state index contributed by atoms with van der Waals surface area (Å²) in [6.07, 6.45) is 1.72. The van der Waals surface area contributed by atoms with Crippen LogP contribution < -0.4 is 16.0 Å². The van der Waals surface area contributed by atoms with Gasteiger partial charge in [0.05, 0.1) is 11.6 Å². The number of pyridine rings is 1. The number of benzene rings is 1. The molecule has 0 aliphatic heterocycles. The number of carbonyl (C=O) groups excluding carboxylic acids is 2. The van der Waals surface area contributed by atoms with Crippen LogP contribution in [0, 0.1) is 0 Å². The zero-order chi connectivity index (χ0) is 18.4. The van der Waals surface area contributed by atoms with E-state index in [1.54, 1.807) is 26.2 Å². The van der Waals surface area contributed by atoms with Gasteiger partial charge in [-0.25, -0.2) is 10.5 Å². The van der Waals surface area contributed by atoms with Crippen LogP contribution in [-0.4, -0.2) is 47.0 Å². The topological polar surface area (TPSA) is 118 Å². The van der Waals surface area contributed by atoms with Gasteiger partial charge in [-0.15, -0.1) is 0 Å². The molecule has 0 aliphatic rings. The highest BCUT2D eigenvalue weighted by Gasteiger charge is 2.15. The summed E-state index contributed by atoms with van der Waals surface area (Å²) < 4.78 is 5.58. The molecule has 0 aliphatic carbocycles. The molecule has 0 radical (unpaired) electrons. The number of nitrogens with zero attached hydrogens (tertiary/aromatic N) is 2. The summed E-state index contributed by atoms with van der Waals surface area (Å²) in [5.41, 5.74) is 8.54. The van der Waals surface area contributed by atoms with Crippen molar-refractivity contribution in [1.82, 2.24) is 15.4 Å². The highest BCUT2D eigenvalue weighted by atomic mass is 16.5. The van der Waals surface area contributed by atoms with E-state index < -0.39 is 11.9 Å². The Morgan fingerprint density at radius 3 is 2.44 bits per heavy atom. The van der Waals surface area contributed by atoms with Crippen LogP contribution in [0.4, 0.5) is 0 Å². The lowest BCUT2D eigenvalue weighted by Gasteiger charge is -2.16. The minimum atomic E-state index is -0.646. The van der Waals surface area contributed by atoms with E-state index in [4.69, 9.17) is 15.7 Å². The molecule has 1 aromatic heterocycles. The maximum atomic E-state index is 11.8. The van der Waals surface area contributed by atoms with Crippen LogP contribution in [0.15, 0.2) is 42.6 Å². The van der Waals surface area contributed by atoms with Crippen molar-refractivity contribution in [3.8, 4) is 11.6 Å². The number of ether oxygens (including phenoxy) is 1. The molecule has 0 saturated heterocycles. The Morgan fingerprint density at radius 1 is 1.24 bits per heavy atom. The van der Waals surface area contributed by atoms with Gasteiger partial charge in [-0.2, -0.15) is 0 Å². The maximum Gasteiger partial charge on any atom is 0.276 e. The second-order valence-electron chi connectivity index (χ2n) is 5.62. The summed E-state index contributed by atoms with van der Waals surface area (Å²) in [6.45, 7) is 0. The summed E-state index contributed by atoms with van der Waals surface area (Å²) >= 11 is 0. The Labute approximate surface area is 145 Å². The van der Waals surface area contributed by atoms with E-state index in [0.29, 0.717) is 18.1 Å². The van der Waals surface area contributed by atoms with Crippen LogP contribution in [0.25, 0.3) is 0 Å². The van der Waals surface area contributed by atoms with Gasteiger partial charge in [0.1, 0.15) is 5.75 Å². The molecule has 1 unspecified atom stereocenters. The van der Waals surface area contributed by atoms with Crippen molar-refractivity contribution in [3.05, 3.63) is 53.7 Å². The highest BCUT2D eigenvalue weighted by Crippen LogP contribution is 2.20. The van der Waals surface area contributed by atoms with Crippen molar-refractivity contribution in [2.45, 2.75) is 12.5 Å². The van der Waals surface area contributed by atoms with Crippen LogP contribution in [0.1, 0.15) is 15.9 Å². The zero-order valence-electron chi connectivity index (χ0n) is 14.0. The van der Waals surface area contributed by atoms with Gasteiger partial charge >= 0.3 is 0 Å². The van der Waals surface area contributed by atoms with E-state index in [1.165, 1.54) is 28.7 Å². The maximum absolute atomic E-state index is 11.8. The van der Waals surface area contributed by atoms with Gasteiger partial charge in [0.2, 0.25) is 11.8 Å². The minimum absolute atomic E-state index is 0.128. The van der Waals surface area contributed by atoms with Gasteiger partial charge in [0, 0.05) is 26.4 Å². The first-order valence-electron chi connectivity index (χ1n) is 7.54. The highest BCUT2D eigenvalue weighted by molar-refractivity contribution is 5.92. The Hall–Kier alpha value is -2.97. The molecule has 2 rings (SSSR count). The van der Waals surface area contributed by atoms with Crippen LogP contribution >= 0.6 is 0 Å². The molecule has 0 spiro atoms. The fraction of sp³-hybridized carbons (Fsp3) is 0.235. The van der Waals surface area contributed by atoms with Gasteiger partial charge in [0.25, 0.3) is 5.91 Å². The summed E-state index contributed by atoms with van der Waals surface area (Å²) in [4.78, 5) is 28.5. The minimum Gasteiger partial charge on any atom is -0.439 e. The number of amides is 2. The SMILES string of the molecule is CN(C)C(=O)C(N)Cc1ccc(Oc2ccc(C(=O)NO)cn2)cc1. The molecule has 0 saturated carbocycles. The molecule has 0 fully saturated rings. The number of hydrogen-bond donors (Lipinski definition) is 3. The van der Waals surface area contributed by atoms with Crippen molar-refractivity contribution in [2.24, 2.45) is 5.73 Å². The number of carbonyl (C=O) groups is 2. The Balaban J connectivity index is 1.98. The van der Waals surface area contributed by atoms with Crippen LogP contribution in [0.3, 0.4) is 0 Å². The largest absolute Gasteiger partial charge is 0.439 e. The molecule has 8 nitrogen and oxygen atoms in total. The van der Waals surface area contributed by atoms with Crippen molar-refractivity contribution < 1.29 is 19.5 Å². The number of likely N-dealkylation sites (N-methyl/N-ethyl adjacent to an activating group) is 1. The Bertz CT molecular complexity index is 729. The summed E-state index contributed by atoms with van der Waals surface area (Å²) in [5.74, 6) is 0.0911.